The van der Waals surface area contributed by atoms with Gasteiger partial charge in [0.15, 0.2) is 0 Å². The Bertz CT molecular complexity index is 358. The quantitative estimate of drug-likeness (QED) is 0.452. The van der Waals surface area contributed by atoms with E-state index in [1.165, 1.54) is 18.2 Å². The molecule has 0 aromatic rings. The molecule has 0 saturated heterocycles. The number of nitro groups is 1. The topological polar surface area (TPSA) is 66.9 Å². The zero-order valence-corrected chi connectivity index (χ0v) is 7.10. The molecule has 1 aliphatic carbocycles. The molecule has 1 aliphatic rings. The van der Waals surface area contributed by atoms with Crippen LogP contribution in [0.25, 0.3) is 0 Å². The number of hydrogen-bond acceptors (Lipinski definition) is 3. The molecule has 4 heteroatoms. The number of nitriles is 1. The fourth-order valence-corrected chi connectivity index (χ4v) is 1.08. The molecule has 66 valence electrons. The summed E-state index contributed by atoms with van der Waals surface area (Å²) in [6, 6.07) is 1.95. The third-order valence-electron chi connectivity index (χ3n) is 1.65. The Labute approximate surface area is 75.6 Å². The normalized spacial score (nSPS) is 21.1. The van der Waals surface area contributed by atoms with Gasteiger partial charge in [-0.25, -0.2) is 0 Å². The highest BCUT2D eigenvalue weighted by molar-refractivity contribution is 5.39. The molecule has 1 unspecified atom stereocenters. The smallest absolute Gasteiger partial charge is 0.258 e. The Morgan fingerprint density at radius 3 is 2.77 bits per heavy atom. The second kappa shape index (κ2) is 3.68. The van der Waals surface area contributed by atoms with Crippen LogP contribution < -0.4 is 0 Å². The Kier molecular flexibility index (Phi) is 2.60. The van der Waals surface area contributed by atoms with E-state index in [1.54, 1.807) is 13.0 Å². The highest BCUT2D eigenvalue weighted by Gasteiger charge is 2.11. The molecule has 0 spiro atoms. The lowest BCUT2D eigenvalue weighted by molar-refractivity contribution is -0.419. The fourth-order valence-electron chi connectivity index (χ4n) is 1.08. The monoisotopic (exact) mass is 176 g/mol. The van der Waals surface area contributed by atoms with Crippen LogP contribution in [0.1, 0.15) is 6.92 Å². The van der Waals surface area contributed by atoms with Crippen molar-refractivity contribution in [3.8, 4) is 6.07 Å². The summed E-state index contributed by atoms with van der Waals surface area (Å²) in [6.07, 6.45) is 6.00. The summed E-state index contributed by atoms with van der Waals surface area (Å²) in [5.74, 6) is -0.0787. The highest BCUT2D eigenvalue weighted by atomic mass is 16.6. The van der Waals surface area contributed by atoms with E-state index in [4.69, 9.17) is 5.26 Å². The van der Waals surface area contributed by atoms with Crippen LogP contribution in [0.5, 0.6) is 0 Å². The predicted molar refractivity (Wildman–Crippen MR) is 47.1 cm³/mol. The standard InChI is InChI=1S/C9H8N2O2/c1-7-4-8(6-10)2-3-9(5-7)11(12)13/h2-5,7H,1H3. The van der Waals surface area contributed by atoms with Gasteiger partial charge in [0.05, 0.1) is 11.0 Å². The molecule has 0 heterocycles. The van der Waals surface area contributed by atoms with E-state index in [9.17, 15) is 10.1 Å². The summed E-state index contributed by atoms with van der Waals surface area (Å²) in [4.78, 5) is 9.97. The molecule has 1 atom stereocenters. The van der Waals surface area contributed by atoms with E-state index >= 15 is 0 Å². The van der Waals surface area contributed by atoms with Crippen LogP contribution >= 0.6 is 0 Å². The fraction of sp³-hybridized carbons (Fsp3) is 0.222. The van der Waals surface area contributed by atoms with Crippen LogP contribution in [0.15, 0.2) is 35.6 Å². The third-order valence-corrected chi connectivity index (χ3v) is 1.65. The van der Waals surface area contributed by atoms with Gasteiger partial charge in [-0.3, -0.25) is 10.1 Å². The SMILES string of the molecule is CC1C=C(C#N)C=CC([N+](=O)[O-])=C1. The molecular formula is C9H8N2O2. The van der Waals surface area contributed by atoms with Crippen molar-refractivity contribution in [3.05, 3.63) is 45.7 Å². The van der Waals surface area contributed by atoms with Gasteiger partial charge in [0.2, 0.25) is 0 Å². The molecule has 0 fully saturated rings. The van der Waals surface area contributed by atoms with E-state index < -0.39 is 4.92 Å². The first-order chi connectivity index (χ1) is 6.13. The summed E-state index contributed by atoms with van der Waals surface area (Å²) in [5, 5.41) is 19.0. The molecule has 0 bridgehead atoms. The first-order valence-corrected chi connectivity index (χ1v) is 3.79. The number of hydrogen-bond donors (Lipinski definition) is 0. The zero-order valence-electron chi connectivity index (χ0n) is 7.10. The van der Waals surface area contributed by atoms with Gasteiger partial charge in [-0.1, -0.05) is 13.0 Å². The minimum atomic E-state index is -0.457. The van der Waals surface area contributed by atoms with Crippen LogP contribution in [0.2, 0.25) is 0 Å². The first kappa shape index (κ1) is 9.20. The molecule has 4 nitrogen and oxygen atoms in total. The largest absolute Gasteiger partial charge is 0.266 e. The number of nitrogens with zero attached hydrogens (tertiary/aromatic N) is 2. The molecule has 0 saturated carbocycles. The lowest BCUT2D eigenvalue weighted by Gasteiger charge is -1.94. The van der Waals surface area contributed by atoms with E-state index in [0.717, 1.165) is 0 Å². The van der Waals surface area contributed by atoms with Crippen LogP contribution in [0.4, 0.5) is 0 Å². The summed E-state index contributed by atoms with van der Waals surface area (Å²) in [7, 11) is 0. The maximum Gasteiger partial charge on any atom is 0.266 e. The second-order valence-corrected chi connectivity index (χ2v) is 2.77. The molecular weight excluding hydrogens is 168 g/mol. The van der Waals surface area contributed by atoms with Gasteiger partial charge in [-0.2, -0.15) is 5.26 Å². The molecule has 0 radical (unpaired) electrons. The summed E-state index contributed by atoms with van der Waals surface area (Å²) >= 11 is 0. The predicted octanol–water partition coefficient (Wildman–Crippen LogP) is 1.80. The van der Waals surface area contributed by atoms with Gasteiger partial charge < -0.3 is 0 Å². The van der Waals surface area contributed by atoms with Crippen molar-refractivity contribution in [1.82, 2.24) is 0 Å². The van der Waals surface area contributed by atoms with Crippen molar-refractivity contribution >= 4 is 0 Å². The molecule has 0 aromatic carbocycles. The maximum absolute atomic E-state index is 10.4. The molecule has 1 rings (SSSR count). The summed E-state index contributed by atoms with van der Waals surface area (Å²) in [5.41, 5.74) is 0.495. The van der Waals surface area contributed by atoms with Crippen LogP contribution in [-0.2, 0) is 0 Å². The minimum absolute atomic E-state index is 0.0361. The molecule has 0 amide bonds. The second-order valence-electron chi connectivity index (χ2n) is 2.77. The van der Waals surface area contributed by atoms with Gasteiger partial charge in [-0.05, 0) is 6.08 Å². The van der Waals surface area contributed by atoms with Crippen molar-refractivity contribution in [1.29, 1.82) is 5.26 Å². The van der Waals surface area contributed by atoms with Crippen molar-refractivity contribution in [3.63, 3.8) is 0 Å². The average molecular weight is 176 g/mol. The van der Waals surface area contributed by atoms with Crippen molar-refractivity contribution in [2.75, 3.05) is 0 Å². The number of allylic oxidation sites excluding steroid dienone is 5. The minimum Gasteiger partial charge on any atom is -0.258 e. The maximum atomic E-state index is 10.4. The Balaban J connectivity index is 3.01. The molecule has 0 N–H and O–H groups in total. The van der Waals surface area contributed by atoms with Crippen molar-refractivity contribution < 1.29 is 4.92 Å². The van der Waals surface area contributed by atoms with E-state index in [-0.39, 0.29) is 11.6 Å². The lowest BCUT2D eigenvalue weighted by atomic mass is 10.1. The summed E-state index contributed by atoms with van der Waals surface area (Å²) in [6.45, 7) is 1.80. The molecule has 0 aliphatic heterocycles. The van der Waals surface area contributed by atoms with E-state index in [2.05, 4.69) is 0 Å². The summed E-state index contributed by atoms with van der Waals surface area (Å²) < 4.78 is 0. The number of rotatable bonds is 1. The van der Waals surface area contributed by atoms with E-state index in [0.29, 0.717) is 5.57 Å². The van der Waals surface area contributed by atoms with E-state index in [1.807, 2.05) is 6.07 Å². The zero-order chi connectivity index (χ0) is 9.84. The molecule has 0 aromatic heterocycles. The van der Waals surface area contributed by atoms with Gasteiger partial charge in [0.25, 0.3) is 5.70 Å². The Hall–Kier alpha value is -1.89. The van der Waals surface area contributed by atoms with Gasteiger partial charge in [0.1, 0.15) is 0 Å². The average Bonchev–Trinajstić information content (AvgIpc) is 2.26. The van der Waals surface area contributed by atoms with Crippen LogP contribution in [0, 0.1) is 27.4 Å². The lowest BCUT2D eigenvalue weighted by Crippen LogP contribution is -1.96. The van der Waals surface area contributed by atoms with Crippen LogP contribution in [-0.4, -0.2) is 4.92 Å². The van der Waals surface area contributed by atoms with Crippen LogP contribution in [0.3, 0.4) is 0 Å². The van der Waals surface area contributed by atoms with Gasteiger partial charge in [0, 0.05) is 23.6 Å². The molecule has 13 heavy (non-hydrogen) atoms. The Morgan fingerprint density at radius 1 is 1.54 bits per heavy atom. The first-order valence-electron chi connectivity index (χ1n) is 3.79. The Morgan fingerprint density at radius 2 is 2.23 bits per heavy atom. The van der Waals surface area contributed by atoms with Crippen molar-refractivity contribution in [2.45, 2.75) is 6.92 Å². The third kappa shape index (κ3) is 2.27. The van der Waals surface area contributed by atoms with Crippen molar-refractivity contribution in [2.24, 2.45) is 5.92 Å². The van der Waals surface area contributed by atoms with Gasteiger partial charge in [-0.15, -0.1) is 0 Å². The van der Waals surface area contributed by atoms with Gasteiger partial charge >= 0.3 is 0 Å². The highest BCUT2D eigenvalue weighted by Crippen LogP contribution is 2.14.